The number of aromatic nitrogens is 5. The molecule has 6 nitrogen and oxygen atoms in total. The van der Waals surface area contributed by atoms with Gasteiger partial charge in [-0.1, -0.05) is 35.2 Å². The quantitative estimate of drug-likeness (QED) is 0.805. The average Bonchev–Trinajstić information content (AvgIpc) is 2.94. The molecule has 0 spiro atoms. The summed E-state index contributed by atoms with van der Waals surface area (Å²) in [6, 6.07) is 0.572. The smallest absolute Gasteiger partial charge is 0.199 e. The third-order valence-corrected chi connectivity index (χ3v) is 4.08. The molecule has 2 heterocycles. The first-order valence-electron chi connectivity index (χ1n) is 6.75. The first kappa shape index (κ1) is 12.8. The predicted octanol–water partition coefficient (Wildman–Crippen LogP) is 2.05. The molecule has 0 amide bonds. The van der Waals surface area contributed by atoms with E-state index in [4.69, 9.17) is 0 Å². The normalized spacial score (nSPS) is 16.9. The molecule has 7 heteroatoms. The molecule has 1 aliphatic carbocycles. The Bertz CT molecular complexity index is 536. The van der Waals surface area contributed by atoms with Gasteiger partial charge in [0.1, 0.15) is 0 Å². The molecular weight excluding hydrogens is 308 g/mol. The number of tetrazole rings is 1. The fraction of sp³-hybridized carbons (Fsp3) is 0.667. The Labute approximate surface area is 120 Å². The van der Waals surface area contributed by atoms with E-state index in [1.165, 1.54) is 32.1 Å². The molecule has 2 aromatic rings. The maximum Gasteiger partial charge on any atom is 0.199 e. The number of nitrogens with zero attached hydrogens (tertiary/aromatic N) is 6. The van der Waals surface area contributed by atoms with Crippen molar-refractivity contribution < 1.29 is 0 Å². The largest absolute Gasteiger partial charge is 0.351 e. The van der Waals surface area contributed by atoms with E-state index in [0.717, 1.165) is 17.7 Å². The minimum absolute atomic E-state index is 0.572. The van der Waals surface area contributed by atoms with Crippen molar-refractivity contribution in [1.29, 1.82) is 0 Å². The van der Waals surface area contributed by atoms with Crippen molar-refractivity contribution in [3.8, 4) is 0 Å². The molecule has 102 valence electrons. The van der Waals surface area contributed by atoms with E-state index in [1.807, 2.05) is 6.20 Å². The van der Waals surface area contributed by atoms with Crippen LogP contribution in [0, 0.1) is 0 Å². The molecule has 0 atom stereocenters. The highest BCUT2D eigenvalue weighted by atomic mass is 79.9. The van der Waals surface area contributed by atoms with Crippen molar-refractivity contribution in [2.45, 2.75) is 38.1 Å². The number of fused-ring (bicyclic) bond motifs is 1. The van der Waals surface area contributed by atoms with E-state index in [0.29, 0.717) is 11.7 Å². The van der Waals surface area contributed by atoms with Crippen LogP contribution in [-0.4, -0.2) is 42.9 Å². The Morgan fingerprint density at radius 3 is 2.89 bits per heavy atom. The number of hydrogen-bond acceptors (Lipinski definition) is 5. The van der Waals surface area contributed by atoms with Crippen LogP contribution in [0.15, 0.2) is 12.4 Å². The Kier molecular flexibility index (Phi) is 3.91. The van der Waals surface area contributed by atoms with Crippen molar-refractivity contribution in [2.75, 3.05) is 16.8 Å². The summed E-state index contributed by atoms with van der Waals surface area (Å²) in [5.41, 5.74) is 0.702. The van der Waals surface area contributed by atoms with Crippen molar-refractivity contribution in [3.63, 3.8) is 0 Å². The number of hydrogen-bond donors (Lipinski definition) is 0. The molecule has 0 unspecified atom stereocenters. The highest BCUT2D eigenvalue weighted by Crippen LogP contribution is 2.26. The van der Waals surface area contributed by atoms with Gasteiger partial charge in [-0.15, -0.1) is 5.10 Å². The average molecular weight is 325 g/mol. The van der Waals surface area contributed by atoms with Crippen molar-refractivity contribution >= 4 is 27.4 Å². The lowest BCUT2D eigenvalue weighted by molar-refractivity contribution is 0.415. The minimum Gasteiger partial charge on any atom is -0.351 e. The van der Waals surface area contributed by atoms with E-state index in [1.54, 1.807) is 10.7 Å². The summed E-state index contributed by atoms with van der Waals surface area (Å²) in [6.07, 6.45) is 10.0. The summed E-state index contributed by atoms with van der Waals surface area (Å²) < 4.78 is 1.78. The van der Waals surface area contributed by atoms with E-state index in [2.05, 4.69) is 41.3 Å². The first-order valence-corrected chi connectivity index (χ1v) is 7.87. The molecule has 0 N–H and O–H groups in total. The second-order valence-corrected chi connectivity index (χ2v) is 5.68. The van der Waals surface area contributed by atoms with E-state index < -0.39 is 0 Å². The molecule has 1 fully saturated rings. The lowest BCUT2D eigenvalue weighted by Crippen LogP contribution is -2.39. The second-order valence-electron chi connectivity index (χ2n) is 4.89. The molecule has 1 aliphatic rings. The van der Waals surface area contributed by atoms with Gasteiger partial charge in [0.15, 0.2) is 11.5 Å². The van der Waals surface area contributed by atoms with E-state index >= 15 is 0 Å². The summed E-state index contributed by atoms with van der Waals surface area (Å²) in [5.74, 6) is 0.994. The van der Waals surface area contributed by atoms with Crippen molar-refractivity contribution in [1.82, 2.24) is 25.0 Å². The molecule has 3 rings (SSSR count). The Morgan fingerprint density at radius 2 is 2.11 bits per heavy atom. The first-order chi connectivity index (χ1) is 9.40. The summed E-state index contributed by atoms with van der Waals surface area (Å²) >= 11 is 3.55. The van der Waals surface area contributed by atoms with Gasteiger partial charge in [-0.2, -0.15) is 4.52 Å². The van der Waals surface area contributed by atoms with Gasteiger partial charge in [-0.05, 0) is 23.3 Å². The molecule has 0 saturated heterocycles. The molecule has 0 bridgehead atoms. The number of anilines is 1. The lowest BCUT2D eigenvalue weighted by atomic mass is 9.94. The number of rotatable bonds is 4. The highest BCUT2D eigenvalue weighted by Gasteiger charge is 2.23. The van der Waals surface area contributed by atoms with Crippen LogP contribution in [0.5, 0.6) is 0 Å². The van der Waals surface area contributed by atoms with Gasteiger partial charge in [0.25, 0.3) is 0 Å². The second kappa shape index (κ2) is 5.81. The van der Waals surface area contributed by atoms with Crippen LogP contribution in [0.4, 0.5) is 5.82 Å². The lowest BCUT2D eigenvalue weighted by Gasteiger charge is -2.35. The zero-order chi connectivity index (χ0) is 13.1. The minimum atomic E-state index is 0.572. The van der Waals surface area contributed by atoms with Gasteiger partial charge in [0, 0.05) is 17.9 Å². The van der Waals surface area contributed by atoms with Gasteiger partial charge < -0.3 is 4.90 Å². The topological polar surface area (TPSA) is 59.2 Å². The summed E-state index contributed by atoms with van der Waals surface area (Å²) in [5, 5.41) is 12.7. The summed E-state index contributed by atoms with van der Waals surface area (Å²) in [4.78, 5) is 6.66. The van der Waals surface area contributed by atoms with Crippen molar-refractivity contribution in [2.24, 2.45) is 0 Å². The predicted molar refractivity (Wildman–Crippen MR) is 76.6 cm³/mol. The van der Waals surface area contributed by atoms with E-state index in [-0.39, 0.29) is 0 Å². The third kappa shape index (κ3) is 2.56. The van der Waals surface area contributed by atoms with E-state index in [9.17, 15) is 0 Å². The third-order valence-electron chi connectivity index (χ3n) is 3.73. The van der Waals surface area contributed by atoms with Gasteiger partial charge in [0.05, 0.1) is 12.4 Å². The maximum absolute atomic E-state index is 4.26. The Balaban J connectivity index is 1.96. The van der Waals surface area contributed by atoms with Crippen LogP contribution in [0.25, 0.3) is 5.65 Å². The zero-order valence-corrected chi connectivity index (χ0v) is 12.3. The summed E-state index contributed by atoms with van der Waals surface area (Å²) in [7, 11) is 0. The Morgan fingerprint density at radius 1 is 1.26 bits per heavy atom. The molecular formula is C12H17BrN6. The molecule has 0 radical (unpaired) electrons. The van der Waals surface area contributed by atoms with Gasteiger partial charge in [0.2, 0.25) is 0 Å². The zero-order valence-electron chi connectivity index (χ0n) is 10.7. The van der Waals surface area contributed by atoms with Crippen LogP contribution < -0.4 is 4.90 Å². The molecule has 1 saturated carbocycles. The van der Waals surface area contributed by atoms with Crippen LogP contribution >= 0.6 is 15.9 Å². The summed E-state index contributed by atoms with van der Waals surface area (Å²) in [6.45, 7) is 0.950. The highest BCUT2D eigenvalue weighted by molar-refractivity contribution is 9.09. The fourth-order valence-corrected chi connectivity index (χ4v) is 3.21. The Hall–Kier alpha value is -1.24. The maximum atomic E-state index is 4.26. The van der Waals surface area contributed by atoms with Crippen LogP contribution in [0.1, 0.15) is 32.1 Å². The molecule has 2 aromatic heterocycles. The fourth-order valence-electron chi connectivity index (χ4n) is 2.83. The monoisotopic (exact) mass is 324 g/mol. The number of halogens is 1. The van der Waals surface area contributed by atoms with Crippen LogP contribution in [-0.2, 0) is 0 Å². The van der Waals surface area contributed by atoms with Crippen LogP contribution in [0.2, 0.25) is 0 Å². The van der Waals surface area contributed by atoms with Crippen LogP contribution in [0.3, 0.4) is 0 Å². The molecule has 0 aliphatic heterocycles. The van der Waals surface area contributed by atoms with Gasteiger partial charge in [-0.25, -0.2) is 0 Å². The van der Waals surface area contributed by atoms with Gasteiger partial charge >= 0.3 is 0 Å². The molecule has 0 aromatic carbocycles. The van der Waals surface area contributed by atoms with Gasteiger partial charge in [-0.3, -0.25) is 4.98 Å². The van der Waals surface area contributed by atoms with Crippen molar-refractivity contribution in [3.05, 3.63) is 12.4 Å². The molecule has 19 heavy (non-hydrogen) atoms. The SMILES string of the molecule is BrCCN(c1cncc2nnnn12)C1CCCCC1. The standard InChI is InChI=1S/C12H17BrN6/c13-6-7-18(10-4-2-1-3-5-10)12-9-14-8-11-15-16-17-19(11)12/h8-10H,1-7H2. The number of alkyl halides is 1.